The van der Waals surface area contributed by atoms with Gasteiger partial charge in [0.2, 0.25) is 0 Å². The molecule has 1 aromatic carbocycles. The molecule has 1 fully saturated rings. The molecule has 0 aliphatic carbocycles. The third kappa shape index (κ3) is 2.02. The molecule has 1 unspecified atom stereocenters. The summed E-state index contributed by atoms with van der Waals surface area (Å²) >= 11 is 0.998. The van der Waals surface area contributed by atoms with E-state index in [1.807, 2.05) is 43.3 Å². The molecule has 1 aromatic rings. The van der Waals surface area contributed by atoms with Gasteiger partial charge in [-0.25, -0.2) is 0 Å². The van der Waals surface area contributed by atoms with E-state index in [1.54, 1.807) is 11.5 Å². The van der Waals surface area contributed by atoms with Crippen molar-refractivity contribution in [3.63, 3.8) is 0 Å². The first-order valence-corrected chi connectivity index (χ1v) is 7.30. The Hall–Kier alpha value is -1.75. The maximum atomic E-state index is 12.4. The van der Waals surface area contributed by atoms with Crippen molar-refractivity contribution in [2.45, 2.75) is 18.7 Å². The van der Waals surface area contributed by atoms with E-state index >= 15 is 0 Å². The fraction of sp³-hybridized carbons (Fsp3) is 0.286. The average molecular weight is 719 g/mol. The molecule has 0 saturated carbocycles. The number of carbonyl (C=O) groups excluding carboxylic acids is 1. The zero-order chi connectivity index (χ0) is 13.5. The number of nitrogens with zero attached hydrogens (tertiary/aromatic N) is 1. The predicted octanol–water partition coefficient (Wildman–Crippen LogP) is 1.50. The summed E-state index contributed by atoms with van der Waals surface area (Å²) in [5, 5.41) is 0. The van der Waals surface area contributed by atoms with Crippen LogP contribution in [-0.4, -0.2) is 48.5 Å². The smallest absolute Gasteiger partial charge is 0 e. The molecule has 3 rings (SSSR count). The number of amides is 1. The van der Waals surface area contributed by atoms with Gasteiger partial charge in [0, 0.05) is 0 Å². The molecule has 0 bridgehead atoms. The summed E-state index contributed by atoms with van der Waals surface area (Å²) in [5.74, 6) is 0.00894. The van der Waals surface area contributed by atoms with E-state index in [1.165, 1.54) is 0 Å². The number of hydrogen-bond acceptors (Lipinski definition) is 3. The molecule has 1 radical (unpaired) electrons. The van der Waals surface area contributed by atoms with Gasteiger partial charge >= 0.3 is 128 Å². The topological polar surface area (TPSA) is 38.8 Å². The van der Waals surface area contributed by atoms with Crippen molar-refractivity contribution in [3.8, 4) is 0 Å². The Bertz CT molecular complexity index is 536. The number of carbonyl (C=O) groups is 1. The largest absolute Gasteiger partial charge is 0 e. The van der Waals surface area contributed by atoms with Crippen molar-refractivity contribution in [2.75, 3.05) is 6.61 Å². The Morgan fingerprint density at radius 2 is 2.15 bits per heavy atom. The first-order chi connectivity index (χ1) is 9.18. The molecule has 0 N–H and O–H groups in total. The van der Waals surface area contributed by atoms with Crippen molar-refractivity contribution in [3.05, 3.63) is 54.2 Å². The molecule has 2 heterocycles. The van der Waals surface area contributed by atoms with E-state index in [0.717, 1.165) is 36.6 Å². The van der Waals surface area contributed by atoms with Gasteiger partial charge in [-0.05, 0) is 0 Å². The zero-order valence-electron chi connectivity index (χ0n) is 11.1. The minimum absolute atomic E-state index is 0. The summed E-state index contributed by atoms with van der Waals surface area (Å²) in [6.07, 6.45) is 1.59. The van der Waals surface area contributed by atoms with Crippen LogP contribution < -0.4 is 0 Å². The molecule has 1 saturated heterocycles. The molecule has 20 heavy (non-hydrogen) atoms. The quantitative estimate of drug-likeness (QED) is 0.446. The molecule has 101 valence electrons. The van der Waals surface area contributed by atoms with Crippen LogP contribution in [0.3, 0.4) is 0 Å². The Labute approximate surface area is 128 Å². The molecule has 2 aliphatic heterocycles. The minimum Gasteiger partial charge on any atom is 0 e. The monoisotopic (exact) mass is 719 g/mol. The summed E-state index contributed by atoms with van der Waals surface area (Å²) in [4.78, 5) is 14.1. The van der Waals surface area contributed by atoms with Crippen LogP contribution in [0.25, 0.3) is 0 Å². The third-order valence-electron chi connectivity index (χ3n) is 3.51. The fourth-order valence-electron chi connectivity index (χ4n) is 2.68. The molecule has 4 nitrogen and oxygen atoms in total. The van der Waals surface area contributed by atoms with E-state index in [9.17, 15) is 4.79 Å². The van der Waals surface area contributed by atoms with Gasteiger partial charge in [-0.2, -0.15) is 0 Å². The second-order valence-corrected chi connectivity index (χ2v) is 5.53. The van der Waals surface area contributed by atoms with Gasteiger partial charge in [0.25, 0.3) is 0 Å². The minimum atomic E-state index is -0.552. The molecule has 2 aliphatic rings. The summed E-state index contributed by atoms with van der Waals surface area (Å²) in [6, 6.07) is 9.79. The number of benzene rings is 1. The average Bonchev–Trinajstić information content (AvgIpc) is 2.88. The van der Waals surface area contributed by atoms with Crippen molar-refractivity contribution in [1.82, 2.24) is 4.90 Å². The molecule has 0 aromatic heterocycles. The van der Waals surface area contributed by atoms with Gasteiger partial charge < -0.3 is 0 Å². The SMILES string of the molecule is CC1=C[C@]2([CH-][O][Po])COC(c3ccccc3)N2C1=O.[Rf]. The van der Waals surface area contributed by atoms with Crippen molar-refractivity contribution < 1.29 is 12.3 Å². The second kappa shape index (κ2) is 5.32. The van der Waals surface area contributed by atoms with E-state index in [-0.39, 0.29) is 12.1 Å². The van der Waals surface area contributed by atoms with Crippen LogP contribution in [0.4, 0.5) is 0 Å². The normalized spacial score (nSPS) is 28.1. The Morgan fingerprint density at radius 3 is 2.80 bits per heavy atom. The standard InChI is InChI=1S/C14H13NO3.Po.Rf/c1-10-7-14(8-16)9-18-13(15(14)12(10)17)11-5-3-2-4-6-11;;/h2-8,13H,9H2,1H3;;/q-2;+1;/t13?,14-;;/m0../s1. The third-order valence-corrected chi connectivity index (χ3v) is 3.89. The fourth-order valence-corrected chi connectivity index (χ4v) is 3.33. The summed E-state index contributed by atoms with van der Waals surface area (Å²) in [5.41, 5.74) is 1.17. The summed E-state index contributed by atoms with van der Waals surface area (Å²) in [6.45, 7) is 3.98. The van der Waals surface area contributed by atoms with Crippen molar-refractivity contribution >= 4 is 31.4 Å². The Kier molecular flexibility index (Phi) is 3.90. The first-order valence-electron chi connectivity index (χ1n) is 6.01. The zero-order valence-corrected chi connectivity index (χ0v) is 20.7. The van der Waals surface area contributed by atoms with Gasteiger partial charge in [-0.1, -0.05) is 0 Å². The van der Waals surface area contributed by atoms with Crippen LogP contribution in [-0.2, 0) is 12.3 Å². The number of hydrogen-bond donors (Lipinski definition) is 0. The summed E-state index contributed by atoms with van der Waals surface area (Å²) < 4.78 is 11.1. The molecule has 0 spiro atoms. The van der Waals surface area contributed by atoms with Gasteiger partial charge in [0.05, 0.1) is 0 Å². The van der Waals surface area contributed by atoms with Crippen LogP contribution in [0.2, 0.25) is 0 Å². The van der Waals surface area contributed by atoms with Gasteiger partial charge in [0.1, 0.15) is 0 Å². The number of rotatable bonds is 3. The number of fused-ring (bicyclic) bond motifs is 1. The van der Waals surface area contributed by atoms with Crippen LogP contribution in [0.15, 0.2) is 42.0 Å². The maximum Gasteiger partial charge on any atom is 0 e. The second-order valence-electron chi connectivity index (χ2n) is 4.78. The van der Waals surface area contributed by atoms with Crippen LogP contribution in [0.1, 0.15) is 18.7 Å². The molecule has 2 atom stereocenters. The maximum absolute atomic E-state index is 12.4. The summed E-state index contributed by atoms with van der Waals surface area (Å²) in [7, 11) is 0. The van der Waals surface area contributed by atoms with E-state index in [0.29, 0.717) is 6.61 Å². The molecule has 6 heteroatoms. The van der Waals surface area contributed by atoms with Crippen molar-refractivity contribution in [1.29, 1.82) is 0 Å². The molecular weight excluding hydrogens is 706 g/mol. The Morgan fingerprint density at radius 1 is 1.45 bits per heavy atom. The number of ether oxygens (including phenoxy) is 1. The van der Waals surface area contributed by atoms with E-state index in [4.69, 9.17) is 7.51 Å². The van der Waals surface area contributed by atoms with Gasteiger partial charge in [-0.3, -0.25) is 0 Å². The van der Waals surface area contributed by atoms with Gasteiger partial charge in [-0.15, -0.1) is 0 Å². The first kappa shape index (κ1) is 14.7. The Balaban J connectivity index is 0.00000147. The van der Waals surface area contributed by atoms with Crippen LogP contribution in [0.5, 0.6) is 0 Å². The van der Waals surface area contributed by atoms with Crippen LogP contribution >= 0.6 is 0 Å². The predicted molar refractivity (Wildman–Crippen MR) is 69.6 cm³/mol. The van der Waals surface area contributed by atoms with E-state index < -0.39 is 5.54 Å². The van der Waals surface area contributed by atoms with Gasteiger partial charge in [0.15, 0.2) is 0 Å². The molecule has 1 amide bonds. The van der Waals surface area contributed by atoms with Crippen molar-refractivity contribution in [2.24, 2.45) is 0 Å². The molecular formula is C14H13NO3PoRf-. The van der Waals surface area contributed by atoms with E-state index in [2.05, 4.69) is 0 Å². The van der Waals surface area contributed by atoms with Crippen LogP contribution in [0, 0.1) is 6.61 Å².